The van der Waals surface area contributed by atoms with E-state index in [1.54, 1.807) is 12.1 Å². The molecule has 0 aromatic heterocycles. The molecular weight excluding hydrogens is 255 g/mol. The molecule has 0 radical (unpaired) electrons. The van der Waals surface area contributed by atoms with Crippen LogP contribution in [0.4, 0.5) is 18.9 Å². The van der Waals surface area contributed by atoms with Crippen molar-refractivity contribution in [3.05, 3.63) is 24.3 Å². The molecule has 0 bridgehead atoms. The lowest BCUT2D eigenvalue weighted by Crippen LogP contribution is -2.30. The number of anilines is 1. The first-order valence-electron chi connectivity index (χ1n) is 6.56. The molecule has 19 heavy (non-hydrogen) atoms. The Morgan fingerprint density at radius 1 is 1.11 bits per heavy atom. The third-order valence-electron chi connectivity index (χ3n) is 3.55. The minimum atomic E-state index is -4.63. The van der Waals surface area contributed by atoms with Crippen LogP contribution >= 0.6 is 0 Å². The average Bonchev–Trinajstić information content (AvgIpc) is 2.33. The van der Waals surface area contributed by atoms with Crippen molar-refractivity contribution in [2.45, 2.75) is 45.0 Å². The highest BCUT2D eigenvalue weighted by Gasteiger charge is 2.31. The van der Waals surface area contributed by atoms with Crippen LogP contribution < -0.4 is 10.1 Å². The highest BCUT2D eigenvalue weighted by Crippen LogP contribution is 2.28. The fourth-order valence-corrected chi connectivity index (χ4v) is 2.50. The topological polar surface area (TPSA) is 21.3 Å². The predicted molar refractivity (Wildman–Crippen MR) is 68.2 cm³/mol. The maximum absolute atomic E-state index is 12.0. The van der Waals surface area contributed by atoms with Gasteiger partial charge in [0.1, 0.15) is 5.75 Å². The zero-order valence-electron chi connectivity index (χ0n) is 10.8. The predicted octanol–water partition coefficient (Wildman–Crippen LogP) is 4.58. The molecular formula is C14H18F3NO. The first kappa shape index (κ1) is 14.0. The highest BCUT2D eigenvalue weighted by molar-refractivity contribution is 5.47. The third-order valence-corrected chi connectivity index (χ3v) is 3.55. The van der Waals surface area contributed by atoms with Gasteiger partial charge < -0.3 is 10.1 Å². The van der Waals surface area contributed by atoms with Crippen LogP contribution in [0.1, 0.15) is 32.6 Å². The van der Waals surface area contributed by atoms with Gasteiger partial charge in [0.15, 0.2) is 0 Å². The molecule has 1 aromatic rings. The Morgan fingerprint density at radius 2 is 1.74 bits per heavy atom. The van der Waals surface area contributed by atoms with E-state index < -0.39 is 6.36 Å². The second-order valence-corrected chi connectivity index (χ2v) is 5.08. The van der Waals surface area contributed by atoms with Crippen molar-refractivity contribution in [3.63, 3.8) is 0 Å². The fraction of sp³-hybridized carbons (Fsp3) is 0.571. The maximum Gasteiger partial charge on any atom is 0.573 e. The summed E-state index contributed by atoms with van der Waals surface area (Å²) in [6.07, 6.45) is 0.150. The van der Waals surface area contributed by atoms with Gasteiger partial charge in [-0.15, -0.1) is 13.2 Å². The molecule has 2 unspecified atom stereocenters. The van der Waals surface area contributed by atoms with Crippen LogP contribution in [0.25, 0.3) is 0 Å². The molecule has 0 aliphatic heterocycles. The highest BCUT2D eigenvalue weighted by atomic mass is 19.4. The van der Waals surface area contributed by atoms with Crippen LogP contribution in [0.5, 0.6) is 5.75 Å². The summed E-state index contributed by atoms with van der Waals surface area (Å²) in [4.78, 5) is 0. The summed E-state index contributed by atoms with van der Waals surface area (Å²) in [5, 5.41) is 3.38. The summed E-state index contributed by atoms with van der Waals surface area (Å²) < 4.78 is 39.9. The molecule has 0 heterocycles. The molecule has 1 fully saturated rings. The van der Waals surface area contributed by atoms with E-state index in [2.05, 4.69) is 17.0 Å². The molecule has 1 aliphatic carbocycles. The number of halogens is 3. The van der Waals surface area contributed by atoms with Crippen molar-refractivity contribution in [1.82, 2.24) is 0 Å². The van der Waals surface area contributed by atoms with E-state index in [1.807, 2.05) is 0 Å². The summed E-state index contributed by atoms with van der Waals surface area (Å²) in [5.74, 6) is 0.412. The van der Waals surface area contributed by atoms with Gasteiger partial charge in [0.2, 0.25) is 0 Å². The van der Waals surface area contributed by atoms with E-state index >= 15 is 0 Å². The number of benzene rings is 1. The van der Waals surface area contributed by atoms with Gasteiger partial charge in [-0.25, -0.2) is 0 Å². The van der Waals surface area contributed by atoms with Crippen LogP contribution in [-0.4, -0.2) is 12.4 Å². The Bertz CT molecular complexity index is 402. The van der Waals surface area contributed by atoms with Crippen molar-refractivity contribution in [1.29, 1.82) is 0 Å². The van der Waals surface area contributed by atoms with Crippen LogP contribution in [0.15, 0.2) is 24.3 Å². The van der Waals surface area contributed by atoms with Gasteiger partial charge in [0.05, 0.1) is 0 Å². The summed E-state index contributed by atoms with van der Waals surface area (Å²) in [7, 11) is 0. The molecule has 2 nitrogen and oxygen atoms in total. The maximum atomic E-state index is 12.0. The van der Waals surface area contributed by atoms with Crippen molar-refractivity contribution >= 4 is 5.69 Å². The van der Waals surface area contributed by atoms with Crippen LogP contribution in [0.3, 0.4) is 0 Å². The number of hydrogen-bond donors (Lipinski definition) is 1. The van der Waals surface area contributed by atoms with Gasteiger partial charge in [0, 0.05) is 11.7 Å². The quantitative estimate of drug-likeness (QED) is 0.870. The van der Waals surface area contributed by atoms with Crippen LogP contribution in [-0.2, 0) is 0 Å². The Kier molecular flexibility index (Phi) is 4.22. The number of ether oxygens (including phenoxy) is 1. The van der Waals surface area contributed by atoms with Crippen molar-refractivity contribution in [2.75, 3.05) is 5.32 Å². The van der Waals surface area contributed by atoms with E-state index in [9.17, 15) is 13.2 Å². The first-order valence-corrected chi connectivity index (χ1v) is 6.56. The smallest absolute Gasteiger partial charge is 0.406 e. The number of alkyl halides is 3. The van der Waals surface area contributed by atoms with E-state index in [0.29, 0.717) is 12.0 Å². The minimum absolute atomic E-state index is 0.185. The van der Waals surface area contributed by atoms with E-state index in [4.69, 9.17) is 0 Å². The van der Waals surface area contributed by atoms with Gasteiger partial charge in [-0.05, 0) is 43.0 Å². The Morgan fingerprint density at radius 3 is 2.32 bits per heavy atom. The first-order chi connectivity index (χ1) is 8.94. The van der Waals surface area contributed by atoms with E-state index in [1.165, 1.54) is 31.4 Å². The second-order valence-electron chi connectivity index (χ2n) is 5.08. The Hall–Kier alpha value is -1.39. The minimum Gasteiger partial charge on any atom is -0.406 e. The lowest BCUT2D eigenvalue weighted by atomic mass is 9.86. The lowest BCUT2D eigenvalue weighted by Gasteiger charge is -2.30. The molecule has 1 N–H and O–H groups in total. The van der Waals surface area contributed by atoms with Gasteiger partial charge >= 0.3 is 6.36 Å². The molecule has 2 rings (SSSR count). The van der Waals surface area contributed by atoms with Gasteiger partial charge in [-0.3, -0.25) is 0 Å². The molecule has 5 heteroatoms. The van der Waals surface area contributed by atoms with Crippen molar-refractivity contribution in [3.8, 4) is 5.75 Å². The number of rotatable bonds is 3. The molecule has 0 spiro atoms. The monoisotopic (exact) mass is 273 g/mol. The van der Waals surface area contributed by atoms with Crippen LogP contribution in [0, 0.1) is 5.92 Å². The zero-order chi connectivity index (χ0) is 13.9. The third kappa shape index (κ3) is 4.33. The Labute approximate surface area is 111 Å². The molecule has 0 amide bonds. The molecule has 1 aliphatic rings. The lowest BCUT2D eigenvalue weighted by molar-refractivity contribution is -0.274. The number of hydrogen-bond acceptors (Lipinski definition) is 2. The summed E-state index contributed by atoms with van der Waals surface area (Å²) in [6, 6.07) is 6.33. The second kappa shape index (κ2) is 5.72. The van der Waals surface area contributed by atoms with Gasteiger partial charge in [-0.1, -0.05) is 19.8 Å². The van der Waals surface area contributed by atoms with Crippen molar-refractivity contribution in [2.24, 2.45) is 5.92 Å². The van der Waals surface area contributed by atoms with Crippen LogP contribution in [0.2, 0.25) is 0 Å². The molecule has 2 atom stereocenters. The Balaban J connectivity index is 1.94. The standard InChI is InChI=1S/C14H18F3NO/c1-10-4-2-3-5-13(10)18-11-6-8-12(9-7-11)19-14(15,16)17/h6-10,13,18H,2-5H2,1H3. The van der Waals surface area contributed by atoms with Crippen molar-refractivity contribution < 1.29 is 17.9 Å². The average molecular weight is 273 g/mol. The largest absolute Gasteiger partial charge is 0.573 e. The number of nitrogens with one attached hydrogen (secondary N) is 1. The molecule has 1 aromatic carbocycles. The summed E-state index contributed by atoms with van der Waals surface area (Å²) in [6.45, 7) is 2.21. The normalized spacial score (nSPS) is 24.0. The van der Waals surface area contributed by atoms with Gasteiger partial charge in [-0.2, -0.15) is 0 Å². The summed E-state index contributed by atoms with van der Waals surface area (Å²) in [5.41, 5.74) is 0.841. The molecule has 106 valence electrons. The molecule has 1 saturated carbocycles. The summed E-state index contributed by atoms with van der Waals surface area (Å²) >= 11 is 0. The fourth-order valence-electron chi connectivity index (χ4n) is 2.50. The van der Waals surface area contributed by atoms with E-state index in [0.717, 1.165) is 12.1 Å². The zero-order valence-corrected chi connectivity index (χ0v) is 10.8. The molecule has 0 saturated heterocycles. The SMILES string of the molecule is CC1CCCCC1Nc1ccc(OC(F)(F)F)cc1. The van der Waals surface area contributed by atoms with Gasteiger partial charge in [0.25, 0.3) is 0 Å². The van der Waals surface area contributed by atoms with E-state index in [-0.39, 0.29) is 5.75 Å².